The molecule has 1 aliphatic rings. The number of benzene rings is 6. The zero-order chi connectivity index (χ0) is 31.0. The first-order chi connectivity index (χ1) is 22.0. The van der Waals surface area contributed by atoms with E-state index >= 15 is 0 Å². The molecule has 0 heterocycles. The van der Waals surface area contributed by atoms with Crippen molar-refractivity contribution in [1.29, 1.82) is 5.26 Å². The van der Waals surface area contributed by atoms with E-state index in [4.69, 9.17) is 6.57 Å². The molecule has 4 heteroatoms. The number of rotatable bonds is 6. The first kappa shape index (κ1) is 27.7. The Kier molecular flexibility index (Phi) is 6.89. The van der Waals surface area contributed by atoms with Gasteiger partial charge in [0, 0.05) is 33.9 Å². The Bertz CT molecular complexity index is 2030. The second-order valence-corrected chi connectivity index (χ2v) is 11.7. The molecule has 0 saturated heterocycles. The van der Waals surface area contributed by atoms with Crippen LogP contribution in [0.3, 0.4) is 0 Å². The lowest BCUT2D eigenvalue weighted by molar-refractivity contribution is 0.660. The number of hydrogen-bond donors (Lipinski definition) is 0. The van der Waals surface area contributed by atoms with E-state index in [1.165, 1.54) is 22.3 Å². The maximum atomic E-state index is 10.6. The highest BCUT2D eigenvalue weighted by molar-refractivity contribution is 5.93. The fraction of sp³-hybridized carbons (Fsp3) is 0.0732. The Balaban J connectivity index is 1.44. The molecular weight excluding hydrogens is 548 g/mol. The van der Waals surface area contributed by atoms with Crippen LogP contribution < -0.4 is 9.80 Å². The second kappa shape index (κ2) is 11.2. The molecule has 0 atom stereocenters. The maximum Gasteiger partial charge on any atom is 0.214 e. The van der Waals surface area contributed by atoms with Crippen molar-refractivity contribution in [1.82, 2.24) is 0 Å². The Morgan fingerprint density at radius 1 is 0.556 bits per heavy atom. The molecule has 1 aliphatic carbocycles. The fourth-order valence-electron chi connectivity index (χ4n) is 6.56. The summed E-state index contributed by atoms with van der Waals surface area (Å²) in [6.07, 6.45) is 0. The molecule has 0 fully saturated rings. The van der Waals surface area contributed by atoms with Crippen LogP contribution in [0.2, 0.25) is 0 Å². The minimum atomic E-state index is -0.167. The van der Waals surface area contributed by atoms with Gasteiger partial charge < -0.3 is 9.80 Å². The van der Waals surface area contributed by atoms with Crippen LogP contribution >= 0.6 is 0 Å². The summed E-state index contributed by atoms with van der Waals surface area (Å²) < 4.78 is 0. The van der Waals surface area contributed by atoms with E-state index in [0.717, 1.165) is 28.4 Å². The van der Waals surface area contributed by atoms with Gasteiger partial charge >= 0.3 is 0 Å². The molecule has 6 aromatic rings. The molecule has 0 aromatic heterocycles. The largest absolute Gasteiger partial charge is 0.319 e. The molecule has 0 radical (unpaired) electrons. The molecule has 7 rings (SSSR count). The van der Waals surface area contributed by atoms with Crippen molar-refractivity contribution in [3.8, 4) is 17.2 Å². The van der Waals surface area contributed by atoms with Crippen LogP contribution in [0, 0.1) is 17.9 Å². The number of nitrogens with zero attached hydrogens (tertiary/aromatic N) is 4. The van der Waals surface area contributed by atoms with Gasteiger partial charge in [-0.3, -0.25) is 0 Å². The van der Waals surface area contributed by atoms with E-state index in [-0.39, 0.29) is 5.41 Å². The molecular formula is C41H30N4. The topological polar surface area (TPSA) is 34.6 Å². The van der Waals surface area contributed by atoms with Crippen LogP contribution in [0.1, 0.15) is 30.5 Å². The van der Waals surface area contributed by atoms with E-state index in [1.54, 1.807) is 0 Å². The summed E-state index contributed by atoms with van der Waals surface area (Å²) in [5.41, 5.74) is 10.7. The van der Waals surface area contributed by atoms with Gasteiger partial charge in [-0.25, -0.2) is 4.85 Å². The lowest BCUT2D eigenvalue weighted by Crippen LogP contribution is -2.17. The number of hydrogen-bond acceptors (Lipinski definition) is 3. The van der Waals surface area contributed by atoms with Crippen LogP contribution in [0.15, 0.2) is 146 Å². The van der Waals surface area contributed by atoms with Crippen LogP contribution in [-0.2, 0) is 5.41 Å². The molecule has 0 N–H and O–H groups in total. The number of para-hydroxylation sites is 3. The Morgan fingerprint density at radius 2 is 1.09 bits per heavy atom. The van der Waals surface area contributed by atoms with Crippen molar-refractivity contribution in [2.45, 2.75) is 19.3 Å². The van der Waals surface area contributed by atoms with Gasteiger partial charge in [-0.05, 0) is 82.9 Å². The number of anilines is 6. The summed E-state index contributed by atoms with van der Waals surface area (Å²) in [7, 11) is 0. The van der Waals surface area contributed by atoms with Crippen LogP contribution in [0.5, 0.6) is 0 Å². The average Bonchev–Trinajstić information content (AvgIpc) is 3.32. The molecule has 4 nitrogen and oxygen atoms in total. The SMILES string of the molecule is [C-]#[N+]c1cc(N(c2ccccc2)c2ccc3c(c2)C(C)(C)c2ccccc2-3)cc(C#N)c1N(c1ccccc1)c1ccccc1. The second-order valence-electron chi connectivity index (χ2n) is 11.7. The van der Waals surface area contributed by atoms with Gasteiger partial charge in [-0.15, -0.1) is 0 Å². The predicted molar refractivity (Wildman–Crippen MR) is 184 cm³/mol. The number of nitriles is 1. The summed E-state index contributed by atoms with van der Waals surface area (Å²) in [5, 5.41) is 10.6. The molecule has 6 aromatic carbocycles. The molecule has 0 spiro atoms. The minimum absolute atomic E-state index is 0.167. The van der Waals surface area contributed by atoms with Crippen molar-refractivity contribution >= 4 is 39.8 Å². The molecule has 214 valence electrons. The van der Waals surface area contributed by atoms with Crippen molar-refractivity contribution in [2.24, 2.45) is 0 Å². The highest BCUT2D eigenvalue weighted by Gasteiger charge is 2.36. The van der Waals surface area contributed by atoms with E-state index < -0.39 is 0 Å². The monoisotopic (exact) mass is 578 g/mol. The third-order valence-corrected chi connectivity index (χ3v) is 8.67. The Labute approximate surface area is 264 Å². The lowest BCUT2D eigenvalue weighted by atomic mass is 9.82. The maximum absolute atomic E-state index is 10.6. The van der Waals surface area contributed by atoms with Crippen LogP contribution in [0.25, 0.3) is 16.0 Å². The Hall–Kier alpha value is -6.10. The zero-order valence-electron chi connectivity index (χ0n) is 25.1. The molecule has 0 bridgehead atoms. The highest BCUT2D eigenvalue weighted by Crippen LogP contribution is 2.51. The fourth-order valence-corrected chi connectivity index (χ4v) is 6.56. The average molecular weight is 579 g/mol. The third-order valence-electron chi connectivity index (χ3n) is 8.67. The van der Waals surface area contributed by atoms with E-state index in [0.29, 0.717) is 16.9 Å². The third kappa shape index (κ3) is 4.70. The molecule has 45 heavy (non-hydrogen) atoms. The summed E-state index contributed by atoms with van der Waals surface area (Å²) in [5.74, 6) is 0. The van der Waals surface area contributed by atoms with Crippen LogP contribution in [0.4, 0.5) is 39.8 Å². The van der Waals surface area contributed by atoms with Crippen molar-refractivity contribution in [2.75, 3.05) is 9.80 Å². The van der Waals surface area contributed by atoms with Crippen LogP contribution in [-0.4, -0.2) is 0 Å². The first-order valence-corrected chi connectivity index (χ1v) is 15.0. The highest BCUT2D eigenvalue weighted by atomic mass is 15.2. The van der Waals surface area contributed by atoms with Gasteiger partial charge in [0.15, 0.2) is 0 Å². The smallest absolute Gasteiger partial charge is 0.214 e. The first-order valence-electron chi connectivity index (χ1n) is 15.0. The molecule has 0 amide bonds. The summed E-state index contributed by atoms with van der Waals surface area (Å²) in [4.78, 5) is 8.16. The summed E-state index contributed by atoms with van der Waals surface area (Å²) in [6.45, 7) is 12.9. The van der Waals surface area contributed by atoms with Gasteiger partial charge in [0.2, 0.25) is 5.69 Å². The Morgan fingerprint density at radius 3 is 1.67 bits per heavy atom. The van der Waals surface area contributed by atoms with Gasteiger partial charge in [0.1, 0.15) is 6.07 Å². The molecule has 0 aliphatic heterocycles. The van der Waals surface area contributed by atoms with Crippen molar-refractivity contribution in [3.63, 3.8) is 0 Å². The van der Waals surface area contributed by atoms with Gasteiger partial charge in [0.25, 0.3) is 0 Å². The standard InChI is InChI=1S/C41H30N4/c1-41(2)37-22-14-13-21-35(37)36-24-23-33(26-38(36)41)44(30-15-7-4-8-16-30)34-25-29(28-42)40(39(27-34)43-3)45(31-17-9-5-10-18-31)32-19-11-6-12-20-32/h4-27H,1-2H3. The van der Waals surface area contributed by atoms with E-state index in [9.17, 15) is 5.26 Å². The summed E-state index contributed by atoms with van der Waals surface area (Å²) >= 11 is 0. The van der Waals surface area contributed by atoms with Crippen molar-refractivity contribution < 1.29 is 0 Å². The minimum Gasteiger partial charge on any atom is -0.319 e. The van der Waals surface area contributed by atoms with Gasteiger partial charge in [-0.2, -0.15) is 5.26 Å². The lowest BCUT2D eigenvalue weighted by Gasteiger charge is -2.31. The molecule has 0 saturated carbocycles. The van der Waals surface area contributed by atoms with Gasteiger partial charge in [-0.1, -0.05) is 98.8 Å². The number of fused-ring (bicyclic) bond motifs is 3. The van der Waals surface area contributed by atoms with E-state index in [1.807, 2.05) is 95.9 Å². The quantitative estimate of drug-likeness (QED) is 0.184. The molecule has 0 unspecified atom stereocenters. The van der Waals surface area contributed by atoms with E-state index in [2.05, 4.69) is 84.3 Å². The normalized spacial score (nSPS) is 12.4. The van der Waals surface area contributed by atoms with Gasteiger partial charge in [0.05, 0.1) is 17.8 Å². The van der Waals surface area contributed by atoms with Crippen molar-refractivity contribution in [3.05, 3.63) is 174 Å². The summed E-state index contributed by atoms with van der Waals surface area (Å²) in [6, 6.07) is 51.4. The predicted octanol–water partition coefficient (Wildman–Crippen LogP) is 11.4. The zero-order valence-corrected chi connectivity index (χ0v) is 25.1.